The summed E-state index contributed by atoms with van der Waals surface area (Å²) in [7, 11) is 2.92. The van der Waals surface area contributed by atoms with Crippen molar-refractivity contribution in [2.75, 3.05) is 12.8 Å². The number of hydrogen-bond donors (Lipinski definition) is 1. The number of nitrogens with two attached hydrogens (primary N) is 1. The molecule has 0 atom stereocenters. The molecule has 0 fully saturated rings. The highest BCUT2D eigenvalue weighted by Crippen LogP contribution is 2.30. The van der Waals surface area contributed by atoms with Crippen LogP contribution in [0.2, 0.25) is 0 Å². The first-order valence-corrected chi connectivity index (χ1v) is 7.17. The molecule has 3 rings (SSSR count). The number of azo groups is 1. The Morgan fingerprint density at radius 2 is 2.00 bits per heavy atom. The average molecular weight is 341 g/mol. The molecule has 0 unspecified atom stereocenters. The first kappa shape index (κ1) is 16.2. The summed E-state index contributed by atoms with van der Waals surface area (Å²) in [5, 5.41) is 16.5. The van der Waals surface area contributed by atoms with Crippen LogP contribution in [-0.4, -0.2) is 42.6 Å². The minimum Gasteiger partial charge on any atom is -0.465 e. The Balaban J connectivity index is 2.00. The topological polar surface area (TPSA) is 138 Å². The van der Waals surface area contributed by atoms with Crippen LogP contribution in [0.25, 0.3) is 5.95 Å². The fraction of sp³-hybridized carbons (Fsp3) is 0.214. The molecule has 0 spiro atoms. The molecule has 0 saturated carbocycles. The number of nitrogen functional groups attached to an aromatic ring is 1. The maximum atomic E-state index is 11.7. The van der Waals surface area contributed by atoms with Gasteiger partial charge in [0.25, 0.3) is 5.95 Å². The number of carbonyl (C=O) groups excluding carboxylic acids is 1. The van der Waals surface area contributed by atoms with Crippen LogP contribution >= 0.6 is 0 Å². The number of aromatic nitrogens is 6. The Kier molecular flexibility index (Phi) is 4.20. The third kappa shape index (κ3) is 2.94. The third-order valence-electron chi connectivity index (χ3n) is 3.36. The van der Waals surface area contributed by atoms with Crippen molar-refractivity contribution >= 4 is 23.3 Å². The molecule has 0 aliphatic heterocycles. The number of anilines is 1. The van der Waals surface area contributed by atoms with Gasteiger partial charge in [-0.2, -0.15) is 14.9 Å². The van der Waals surface area contributed by atoms with E-state index in [1.165, 1.54) is 22.7 Å². The molecule has 0 aliphatic carbocycles. The number of methoxy groups -OCH3 is 1. The highest BCUT2D eigenvalue weighted by molar-refractivity contribution is 5.93. The number of nitrogens with zero attached hydrogens (tertiary/aromatic N) is 8. The molecule has 3 aromatic heterocycles. The van der Waals surface area contributed by atoms with Crippen molar-refractivity contribution in [3.05, 3.63) is 35.9 Å². The lowest BCUT2D eigenvalue weighted by Gasteiger charge is -2.00. The van der Waals surface area contributed by atoms with Crippen LogP contribution < -0.4 is 5.73 Å². The number of esters is 1. The minimum absolute atomic E-state index is 0.198. The predicted octanol–water partition coefficient (Wildman–Crippen LogP) is 1.49. The van der Waals surface area contributed by atoms with Gasteiger partial charge in [0.2, 0.25) is 0 Å². The molecule has 3 aromatic rings. The zero-order valence-corrected chi connectivity index (χ0v) is 13.8. The largest absolute Gasteiger partial charge is 0.465 e. The Bertz CT molecular complexity index is 943. The lowest BCUT2D eigenvalue weighted by atomic mass is 10.3. The van der Waals surface area contributed by atoms with Crippen molar-refractivity contribution in [3.8, 4) is 5.95 Å². The van der Waals surface area contributed by atoms with Gasteiger partial charge in [-0.05, 0) is 13.0 Å². The van der Waals surface area contributed by atoms with E-state index in [-0.39, 0.29) is 17.2 Å². The number of aryl methyl sites for hydroxylation is 2. The van der Waals surface area contributed by atoms with Gasteiger partial charge in [0.05, 0.1) is 19.0 Å². The number of ether oxygens (including phenoxy) is 1. The lowest BCUT2D eigenvalue weighted by Crippen LogP contribution is -2.05. The van der Waals surface area contributed by atoms with Crippen molar-refractivity contribution < 1.29 is 9.53 Å². The second-order valence-electron chi connectivity index (χ2n) is 4.98. The fourth-order valence-corrected chi connectivity index (χ4v) is 2.11. The quantitative estimate of drug-likeness (QED) is 0.560. The molecule has 0 radical (unpaired) electrons. The van der Waals surface area contributed by atoms with Gasteiger partial charge in [0, 0.05) is 19.4 Å². The summed E-state index contributed by atoms with van der Waals surface area (Å²) in [5.74, 6) is 0.240. The van der Waals surface area contributed by atoms with E-state index in [1.54, 1.807) is 32.4 Å². The van der Waals surface area contributed by atoms with E-state index >= 15 is 0 Å². The Labute approximate surface area is 142 Å². The maximum absolute atomic E-state index is 11.7. The normalized spacial score (nSPS) is 11.2. The SMILES string of the molecule is COC(=O)c1cnn(C)c1/N=N/c1c(C)nn(-c2ncccn2)c1N. The van der Waals surface area contributed by atoms with Gasteiger partial charge >= 0.3 is 5.97 Å². The van der Waals surface area contributed by atoms with E-state index in [1.807, 2.05) is 0 Å². The molecule has 0 aromatic carbocycles. The Hall–Kier alpha value is -3.63. The summed E-state index contributed by atoms with van der Waals surface area (Å²) in [4.78, 5) is 19.9. The zero-order chi connectivity index (χ0) is 18.0. The summed E-state index contributed by atoms with van der Waals surface area (Å²) in [5.41, 5.74) is 7.18. The monoisotopic (exact) mass is 341 g/mol. The molecule has 0 saturated heterocycles. The fourth-order valence-electron chi connectivity index (χ4n) is 2.11. The number of rotatable bonds is 4. The zero-order valence-electron chi connectivity index (χ0n) is 13.8. The van der Waals surface area contributed by atoms with Crippen LogP contribution in [0.3, 0.4) is 0 Å². The average Bonchev–Trinajstić information content (AvgIpc) is 3.13. The second kappa shape index (κ2) is 6.47. The van der Waals surface area contributed by atoms with Crippen LogP contribution in [0.15, 0.2) is 34.9 Å². The van der Waals surface area contributed by atoms with Gasteiger partial charge in [-0.25, -0.2) is 19.4 Å². The molecular formula is C14H15N9O2. The smallest absolute Gasteiger partial charge is 0.343 e. The van der Waals surface area contributed by atoms with Crippen LogP contribution in [0.5, 0.6) is 0 Å². The highest BCUT2D eigenvalue weighted by atomic mass is 16.5. The molecule has 25 heavy (non-hydrogen) atoms. The van der Waals surface area contributed by atoms with Crippen LogP contribution in [0, 0.1) is 6.92 Å². The van der Waals surface area contributed by atoms with E-state index in [0.717, 1.165) is 0 Å². The van der Waals surface area contributed by atoms with Gasteiger partial charge in [-0.3, -0.25) is 0 Å². The standard InChI is InChI=1S/C14H15N9O2/c1-8-10(11(15)23(21-8)14-16-5-4-6-17-14)19-20-12-9(13(24)25-3)7-18-22(12)2/h4-7H,15H2,1-3H3/b20-19+. The van der Waals surface area contributed by atoms with Gasteiger partial charge in [-0.1, -0.05) is 0 Å². The summed E-state index contributed by atoms with van der Waals surface area (Å²) in [6, 6.07) is 1.69. The first-order valence-electron chi connectivity index (χ1n) is 7.17. The van der Waals surface area contributed by atoms with Crippen LogP contribution in [0.4, 0.5) is 17.3 Å². The molecule has 0 aliphatic rings. The summed E-state index contributed by atoms with van der Waals surface area (Å²) in [6.07, 6.45) is 4.52. The molecule has 3 heterocycles. The second-order valence-corrected chi connectivity index (χ2v) is 4.98. The van der Waals surface area contributed by atoms with Crippen LogP contribution in [-0.2, 0) is 11.8 Å². The summed E-state index contributed by atoms with van der Waals surface area (Å²) >= 11 is 0. The summed E-state index contributed by atoms with van der Waals surface area (Å²) < 4.78 is 7.48. The number of hydrogen-bond acceptors (Lipinski definition) is 9. The van der Waals surface area contributed by atoms with E-state index in [4.69, 9.17) is 10.5 Å². The summed E-state index contributed by atoms with van der Waals surface area (Å²) in [6.45, 7) is 1.73. The van der Waals surface area contributed by atoms with Crippen molar-refractivity contribution in [1.82, 2.24) is 29.5 Å². The van der Waals surface area contributed by atoms with Crippen molar-refractivity contribution in [2.24, 2.45) is 17.3 Å². The van der Waals surface area contributed by atoms with E-state index in [2.05, 4.69) is 30.4 Å². The highest BCUT2D eigenvalue weighted by Gasteiger charge is 2.18. The lowest BCUT2D eigenvalue weighted by molar-refractivity contribution is 0.0601. The molecule has 128 valence electrons. The van der Waals surface area contributed by atoms with Crippen molar-refractivity contribution in [3.63, 3.8) is 0 Å². The van der Waals surface area contributed by atoms with Crippen LogP contribution in [0.1, 0.15) is 16.1 Å². The van der Waals surface area contributed by atoms with E-state index < -0.39 is 5.97 Å². The molecule has 11 nitrogen and oxygen atoms in total. The minimum atomic E-state index is -0.555. The molecule has 0 bridgehead atoms. The van der Waals surface area contributed by atoms with Crippen molar-refractivity contribution in [2.45, 2.75) is 6.92 Å². The van der Waals surface area contributed by atoms with Gasteiger partial charge in [-0.15, -0.1) is 10.2 Å². The van der Waals surface area contributed by atoms with Gasteiger partial charge < -0.3 is 10.5 Å². The van der Waals surface area contributed by atoms with Crippen molar-refractivity contribution in [1.29, 1.82) is 0 Å². The third-order valence-corrected chi connectivity index (χ3v) is 3.36. The molecular weight excluding hydrogens is 326 g/mol. The van der Waals surface area contributed by atoms with E-state index in [9.17, 15) is 4.79 Å². The maximum Gasteiger partial charge on any atom is 0.343 e. The first-order chi connectivity index (χ1) is 12.0. The molecule has 0 amide bonds. The Morgan fingerprint density at radius 1 is 1.28 bits per heavy atom. The molecule has 11 heteroatoms. The number of carbonyl (C=O) groups is 1. The molecule has 2 N–H and O–H groups in total. The van der Waals surface area contributed by atoms with Gasteiger partial charge in [0.1, 0.15) is 5.56 Å². The van der Waals surface area contributed by atoms with E-state index in [0.29, 0.717) is 17.3 Å². The predicted molar refractivity (Wildman–Crippen MR) is 87.0 cm³/mol. The Morgan fingerprint density at radius 3 is 2.68 bits per heavy atom. The van der Waals surface area contributed by atoms with Gasteiger partial charge in [0.15, 0.2) is 17.3 Å².